The van der Waals surface area contributed by atoms with Gasteiger partial charge in [0, 0.05) is 10.7 Å². The van der Waals surface area contributed by atoms with Crippen LogP contribution in [0.1, 0.15) is 22.4 Å². The van der Waals surface area contributed by atoms with Crippen molar-refractivity contribution in [2.24, 2.45) is 10.9 Å². The van der Waals surface area contributed by atoms with E-state index < -0.39 is 0 Å². The molecule has 0 fully saturated rings. The third-order valence-corrected chi connectivity index (χ3v) is 3.25. The molecule has 2 rings (SSSR count). The van der Waals surface area contributed by atoms with Gasteiger partial charge in [0.15, 0.2) is 5.84 Å². The van der Waals surface area contributed by atoms with Crippen LogP contribution in [0.15, 0.2) is 29.4 Å². The number of oxime groups is 1. The maximum atomic E-state index is 8.93. The Morgan fingerprint density at radius 1 is 1.24 bits per heavy atom. The van der Waals surface area contributed by atoms with Gasteiger partial charge in [-0.25, -0.2) is 4.98 Å². The number of aromatic nitrogens is 1. The molecule has 1 aromatic heterocycles. The maximum Gasteiger partial charge on any atom is 0.230 e. The highest BCUT2D eigenvalue weighted by atomic mass is 35.5. The van der Waals surface area contributed by atoms with Crippen LogP contribution in [0.2, 0.25) is 5.02 Å². The standard InChI is InChI=1S/C15H16ClN3O2/c1-8-7-11(16)4-5-12(8)21-15-13(14(17)19-20)9(2)6-10(3)18-15/h4-7,20H,1-3H3,(H2,17,19). The van der Waals surface area contributed by atoms with Crippen LogP contribution in [0.25, 0.3) is 0 Å². The van der Waals surface area contributed by atoms with Gasteiger partial charge in [-0.1, -0.05) is 16.8 Å². The molecular weight excluding hydrogens is 290 g/mol. The number of nitrogens with two attached hydrogens (primary N) is 1. The highest BCUT2D eigenvalue weighted by Crippen LogP contribution is 2.30. The van der Waals surface area contributed by atoms with Crippen molar-refractivity contribution in [3.8, 4) is 11.6 Å². The minimum absolute atomic E-state index is 0.0402. The fourth-order valence-electron chi connectivity index (χ4n) is 2.07. The minimum atomic E-state index is -0.0402. The Morgan fingerprint density at radius 3 is 2.57 bits per heavy atom. The van der Waals surface area contributed by atoms with E-state index >= 15 is 0 Å². The zero-order valence-corrected chi connectivity index (χ0v) is 12.8. The first-order chi connectivity index (χ1) is 9.92. The lowest BCUT2D eigenvalue weighted by Gasteiger charge is -2.14. The number of amidine groups is 1. The van der Waals surface area contributed by atoms with E-state index in [0.29, 0.717) is 22.2 Å². The van der Waals surface area contributed by atoms with Crippen molar-refractivity contribution in [2.45, 2.75) is 20.8 Å². The zero-order chi connectivity index (χ0) is 15.6. The van der Waals surface area contributed by atoms with Gasteiger partial charge in [-0.15, -0.1) is 0 Å². The second kappa shape index (κ2) is 6.01. The molecule has 6 heteroatoms. The summed E-state index contributed by atoms with van der Waals surface area (Å²) in [5, 5.41) is 12.6. The largest absolute Gasteiger partial charge is 0.438 e. The molecule has 2 aromatic rings. The molecule has 1 aromatic carbocycles. The average molecular weight is 306 g/mol. The lowest BCUT2D eigenvalue weighted by molar-refractivity contribution is 0.318. The highest BCUT2D eigenvalue weighted by molar-refractivity contribution is 6.30. The van der Waals surface area contributed by atoms with Crippen LogP contribution in [0.5, 0.6) is 11.6 Å². The number of ether oxygens (including phenoxy) is 1. The molecule has 0 bridgehead atoms. The van der Waals surface area contributed by atoms with Crippen molar-refractivity contribution in [1.29, 1.82) is 0 Å². The third-order valence-electron chi connectivity index (χ3n) is 3.02. The van der Waals surface area contributed by atoms with Crippen LogP contribution in [0.3, 0.4) is 0 Å². The van der Waals surface area contributed by atoms with Crippen molar-refractivity contribution in [1.82, 2.24) is 4.98 Å². The fourth-order valence-corrected chi connectivity index (χ4v) is 2.30. The van der Waals surface area contributed by atoms with Gasteiger partial charge in [0.25, 0.3) is 0 Å². The smallest absolute Gasteiger partial charge is 0.230 e. The van der Waals surface area contributed by atoms with Gasteiger partial charge in [-0.05, 0) is 56.2 Å². The van der Waals surface area contributed by atoms with Gasteiger partial charge >= 0.3 is 0 Å². The molecule has 5 nitrogen and oxygen atoms in total. The maximum absolute atomic E-state index is 8.93. The van der Waals surface area contributed by atoms with Crippen LogP contribution in [0, 0.1) is 20.8 Å². The predicted molar refractivity (Wildman–Crippen MR) is 82.5 cm³/mol. The number of hydrogen-bond donors (Lipinski definition) is 2. The number of benzene rings is 1. The average Bonchev–Trinajstić information content (AvgIpc) is 2.40. The van der Waals surface area contributed by atoms with Crippen LogP contribution in [-0.4, -0.2) is 16.0 Å². The molecule has 0 aliphatic heterocycles. The Kier molecular flexibility index (Phi) is 4.33. The summed E-state index contributed by atoms with van der Waals surface area (Å²) in [5.41, 5.74) is 8.66. The summed E-state index contributed by atoms with van der Waals surface area (Å²) in [6.07, 6.45) is 0. The van der Waals surface area contributed by atoms with Gasteiger partial charge in [0.2, 0.25) is 5.88 Å². The molecule has 0 amide bonds. The Bertz CT molecular complexity index is 714. The Labute approximate surface area is 128 Å². The predicted octanol–water partition coefficient (Wildman–Crippen LogP) is 3.55. The van der Waals surface area contributed by atoms with E-state index in [1.54, 1.807) is 18.2 Å². The Balaban J connectivity index is 2.53. The van der Waals surface area contributed by atoms with Gasteiger partial charge in [0.05, 0.1) is 5.56 Å². The van der Waals surface area contributed by atoms with Crippen LogP contribution < -0.4 is 10.5 Å². The number of rotatable bonds is 3. The van der Waals surface area contributed by atoms with E-state index in [4.69, 9.17) is 27.3 Å². The van der Waals surface area contributed by atoms with Crippen molar-refractivity contribution in [3.05, 3.63) is 51.7 Å². The quantitative estimate of drug-likeness (QED) is 0.393. The van der Waals surface area contributed by atoms with E-state index in [2.05, 4.69) is 10.1 Å². The van der Waals surface area contributed by atoms with E-state index in [1.165, 1.54) is 0 Å². The summed E-state index contributed by atoms with van der Waals surface area (Å²) in [6, 6.07) is 7.13. The van der Waals surface area contributed by atoms with Crippen molar-refractivity contribution < 1.29 is 9.94 Å². The van der Waals surface area contributed by atoms with Gasteiger partial charge in [-0.2, -0.15) is 0 Å². The number of aryl methyl sites for hydroxylation is 3. The first-order valence-corrected chi connectivity index (χ1v) is 6.70. The van der Waals surface area contributed by atoms with Crippen LogP contribution in [0.4, 0.5) is 0 Å². The van der Waals surface area contributed by atoms with E-state index in [0.717, 1.165) is 16.8 Å². The summed E-state index contributed by atoms with van der Waals surface area (Å²) in [5.74, 6) is 0.874. The van der Waals surface area contributed by atoms with Crippen LogP contribution >= 0.6 is 11.6 Å². The lowest BCUT2D eigenvalue weighted by atomic mass is 10.1. The van der Waals surface area contributed by atoms with E-state index in [-0.39, 0.29) is 5.84 Å². The fraction of sp³-hybridized carbons (Fsp3) is 0.200. The lowest BCUT2D eigenvalue weighted by Crippen LogP contribution is -2.17. The second-order valence-corrected chi connectivity index (χ2v) is 5.19. The van der Waals surface area contributed by atoms with E-state index in [9.17, 15) is 0 Å². The molecule has 110 valence electrons. The molecule has 0 saturated heterocycles. The molecule has 0 radical (unpaired) electrons. The summed E-state index contributed by atoms with van der Waals surface area (Å²) >= 11 is 5.93. The zero-order valence-electron chi connectivity index (χ0n) is 12.0. The highest BCUT2D eigenvalue weighted by Gasteiger charge is 2.16. The summed E-state index contributed by atoms with van der Waals surface area (Å²) in [4.78, 5) is 4.33. The van der Waals surface area contributed by atoms with Crippen molar-refractivity contribution in [2.75, 3.05) is 0 Å². The Morgan fingerprint density at radius 2 is 1.95 bits per heavy atom. The molecule has 3 N–H and O–H groups in total. The van der Waals surface area contributed by atoms with Gasteiger partial charge in [0.1, 0.15) is 5.75 Å². The minimum Gasteiger partial charge on any atom is -0.438 e. The molecular formula is C15H16ClN3O2. The third kappa shape index (κ3) is 3.25. The van der Waals surface area contributed by atoms with Gasteiger partial charge < -0.3 is 15.7 Å². The normalized spacial score (nSPS) is 11.5. The second-order valence-electron chi connectivity index (χ2n) is 4.76. The monoisotopic (exact) mass is 305 g/mol. The number of hydrogen-bond acceptors (Lipinski definition) is 4. The van der Waals surface area contributed by atoms with Crippen molar-refractivity contribution in [3.63, 3.8) is 0 Å². The molecule has 0 unspecified atom stereocenters. The summed E-state index contributed by atoms with van der Waals surface area (Å²) < 4.78 is 5.84. The first kappa shape index (κ1) is 15.1. The summed E-state index contributed by atoms with van der Waals surface area (Å²) in [6.45, 7) is 5.58. The molecule has 0 aliphatic carbocycles. The van der Waals surface area contributed by atoms with Crippen molar-refractivity contribution >= 4 is 17.4 Å². The number of pyridine rings is 1. The topological polar surface area (TPSA) is 80.7 Å². The number of nitrogens with zero attached hydrogens (tertiary/aromatic N) is 2. The van der Waals surface area contributed by atoms with E-state index in [1.807, 2.05) is 26.8 Å². The molecule has 21 heavy (non-hydrogen) atoms. The summed E-state index contributed by atoms with van der Waals surface area (Å²) in [7, 11) is 0. The van der Waals surface area contributed by atoms with Crippen LogP contribution in [-0.2, 0) is 0 Å². The van der Waals surface area contributed by atoms with Gasteiger partial charge in [-0.3, -0.25) is 0 Å². The molecule has 0 saturated carbocycles. The molecule has 0 spiro atoms. The SMILES string of the molecule is Cc1cc(C)c(/C(N)=N/O)c(Oc2ccc(Cl)cc2C)n1. The number of halogens is 1. The Hall–Kier alpha value is -2.27. The molecule has 0 atom stereocenters. The first-order valence-electron chi connectivity index (χ1n) is 6.32. The molecule has 0 aliphatic rings. The molecule has 1 heterocycles.